The van der Waals surface area contributed by atoms with E-state index < -0.39 is 0 Å². The summed E-state index contributed by atoms with van der Waals surface area (Å²) in [6.07, 6.45) is 0.889. The van der Waals surface area contributed by atoms with Gasteiger partial charge in [0.25, 0.3) is 0 Å². The van der Waals surface area contributed by atoms with Gasteiger partial charge in [0.15, 0.2) is 0 Å². The summed E-state index contributed by atoms with van der Waals surface area (Å²) in [5.74, 6) is 1.88. The normalized spacial score (nSPS) is 11.2. The molecule has 1 aromatic heterocycles. The molecule has 0 N–H and O–H groups in total. The highest BCUT2D eigenvalue weighted by molar-refractivity contribution is 6.32. The van der Waals surface area contributed by atoms with E-state index in [9.17, 15) is 0 Å². The van der Waals surface area contributed by atoms with Crippen LogP contribution in [0.2, 0.25) is 5.02 Å². The molecule has 0 aliphatic rings. The summed E-state index contributed by atoms with van der Waals surface area (Å²) in [6.45, 7) is 7.60. The van der Waals surface area contributed by atoms with E-state index in [-0.39, 0.29) is 0 Å². The Morgan fingerprint density at radius 3 is 2.34 bits per heavy atom. The maximum Gasteiger partial charge on any atom is 0.141 e. The minimum Gasteiger partial charge on any atom is -0.494 e. The van der Waals surface area contributed by atoms with Crippen LogP contribution in [0.4, 0.5) is 0 Å². The van der Waals surface area contributed by atoms with E-state index in [1.807, 2.05) is 32.0 Å². The van der Waals surface area contributed by atoms with Crippen LogP contribution >= 0.6 is 11.6 Å². The van der Waals surface area contributed by atoms with Crippen LogP contribution in [0.15, 0.2) is 60.7 Å². The van der Waals surface area contributed by atoms with E-state index in [0.29, 0.717) is 6.61 Å². The molecule has 4 aromatic rings. The average Bonchev–Trinajstić information content (AvgIpc) is 3.08. The topological polar surface area (TPSA) is 27.1 Å². The van der Waals surface area contributed by atoms with Crippen molar-refractivity contribution in [3.63, 3.8) is 0 Å². The quantitative estimate of drug-likeness (QED) is 0.332. The maximum atomic E-state index is 6.25. The van der Waals surface area contributed by atoms with Gasteiger partial charge in [0, 0.05) is 17.1 Å². The number of benzene rings is 3. The average molecular weight is 405 g/mol. The van der Waals surface area contributed by atoms with Gasteiger partial charge in [0.2, 0.25) is 0 Å². The number of hydrogen-bond donors (Lipinski definition) is 0. The Kier molecular flexibility index (Phi) is 5.59. The third kappa shape index (κ3) is 4.15. The van der Waals surface area contributed by atoms with Crippen LogP contribution in [-0.2, 0) is 6.54 Å². The van der Waals surface area contributed by atoms with Gasteiger partial charge in [-0.1, -0.05) is 53.6 Å². The summed E-state index contributed by atoms with van der Waals surface area (Å²) >= 11 is 6.25. The summed E-state index contributed by atoms with van der Waals surface area (Å²) in [5, 5.41) is 0.810. The second-order valence-electron chi connectivity index (χ2n) is 7.51. The first-order valence-corrected chi connectivity index (χ1v) is 10.3. The van der Waals surface area contributed by atoms with E-state index in [1.54, 1.807) is 0 Å². The second-order valence-corrected chi connectivity index (χ2v) is 7.89. The molecule has 4 rings (SSSR count). The van der Waals surface area contributed by atoms with Crippen LogP contribution in [-0.4, -0.2) is 16.2 Å². The molecule has 0 bridgehead atoms. The van der Waals surface area contributed by atoms with Gasteiger partial charge >= 0.3 is 0 Å². The van der Waals surface area contributed by atoms with Crippen molar-refractivity contribution in [2.24, 2.45) is 0 Å². The van der Waals surface area contributed by atoms with Crippen LogP contribution < -0.4 is 4.74 Å². The molecule has 148 valence electrons. The molecular weight excluding hydrogens is 380 g/mol. The van der Waals surface area contributed by atoms with E-state index in [4.69, 9.17) is 21.3 Å². The zero-order chi connectivity index (χ0) is 20.4. The first-order valence-electron chi connectivity index (χ1n) is 9.95. The Hall–Kier alpha value is -2.78. The van der Waals surface area contributed by atoms with Gasteiger partial charge in [-0.25, -0.2) is 4.98 Å². The minimum absolute atomic E-state index is 0.639. The lowest BCUT2D eigenvalue weighted by Crippen LogP contribution is -2.06. The van der Waals surface area contributed by atoms with Crippen molar-refractivity contribution in [1.29, 1.82) is 0 Å². The smallest absolute Gasteiger partial charge is 0.141 e. The summed E-state index contributed by atoms with van der Waals surface area (Å²) in [7, 11) is 0. The van der Waals surface area contributed by atoms with E-state index in [0.717, 1.165) is 57.3 Å². The SMILES string of the molecule is Cc1ccc(-c2nc3ccccc3n2CCCOc2cc(C)c(Cl)c(C)c2)cc1. The first kappa shape index (κ1) is 19.5. The van der Waals surface area contributed by atoms with Crippen LogP contribution in [0.3, 0.4) is 0 Å². The predicted octanol–water partition coefficient (Wildman–Crippen LogP) is 6.75. The molecule has 0 atom stereocenters. The lowest BCUT2D eigenvalue weighted by Gasteiger charge is -2.12. The lowest BCUT2D eigenvalue weighted by molar-refractivity contribution is 0.302. The third-order valence-electron chi connectivity index (χ3n) is 5.17. The monoisotopic (exact) mass is 404 g/mol. The Bertz CT molecular complexity index is 1120. The van der Waals surface area contributed by atoms with Crippen LogP contribution in [0.1, 0.15) is 23.1 Å². The number of imidazole rings is 1. The van der Waals surface area contributed by atoms with Crippen molar-refractivity contribution in [1.82, 2.24) is 9.55 Å². The van der Waals surface area contributed by atoms with E-state index >= 15 is 0 Å². The van der Waals surface area contributed by atoms with Gasteiger partial charge in [-0.15, -0.1) is 0 Å². The molecule has 3 nitrogen and oxygen atoms in total. The summed E-state index contributed by atoms with van der Waals surface area (Å²) in [5.41, 5.74) is 6.65. The predicted molar refractivity (Wildman–Crippen MR) is 121 cm³/mol. The van der Waals surface area contributed by atoms with Crippen molar-refractivity contribution in [2.45, 2.75) is 33.7 Å². The van der Waals surface area contributed by atoms with E-state index in [1.165, 1.54) is 5.56 Å². The number of halogens is 1. The molecule has 0 aliphatic carbocycles. The van der Waals surface area contributed by atoms with Gasteiger partial charge in [-0.2, -0.15) is 0 Å². The Morgan fingerprint density at radius 1 is 0.931 bits per heavy atom. The van der Waals surface area contributed by atoms with Crippen molar-refractivity contribution in [3.8, 4) is 17.1 Å². The number of aryl methyl sites for hydroxylation is 4. The van der Waals surface area contributed by atoms with Crippen LogP contribution in [0.5, 0.6) is 5.75 Å². The minimum atomic E-state index is 0.639. The van der Waals surface area contributed by atoms with Gasteiger partial charge in [0.05, 0.1) is 17.6 Å². The Balaban J connectivity index is 1.53. The molecule has 0 aliphatic heterocycles. The molecule has 29 heavy (non-hydrogen) atoms. The van der Waals surface area contributed by atoms with Crippen molar-refractivity contribution < 1.29 is 4.74 Å². The van der Waals surface area contributed by atoms with Crippen LogP contribution in [0, 0.1) is 20.8 Å². The van der Waals surface area contributed by atoms with Crippen LogP contribution in [0.25, 0.3) is 22.4 Å². The highest BCUT2D eigenvalue weighted by Crippen LogP contribution is 2.27. The maximum absolute atomic E-state index is 6.25. The number of aromatic nitrogens is 2. The highest BCUT2D eigenvalue weighted by atomic mass is 35.5. The zero-order valence-electron chi connectivity index (χ0n) is 17.1. The Labute approximate surface area is 176 Å². The number of rotatable bonds is 6. The van der Waals surface area contributed by atoms with E-state index in [2.05, 4.69) is 54.0 Å². The molecule has 0 fully saturated rings. The summed E-state index contributed by atoms with van der Waals surface area (Å²) < 4.78 is 8.30. The first-order chi connectivity index (χ1) is 14.0. The fourth-order valence-corrected chi connectivity index (χ4v) is 3.74. The van der Waals surface area contributed by atoms with Gasteiger partial charge < -0.3 is 9.30 Å². The molecule has 1 heterocycles. The number of ether oxygens (including phenoxy) is 1. The number of nitrogens with zero attached hydrogens (tertiary/aromatic N) is 2. The molecule has 0 unspecified atom stereocenters. The fraction of sp³-hybridized carbons (Fsp3) is 0.240. The molecule has 0 saturated carbocycles. The van der Waals surface area contributed by atoms with Crippen molar-refractivity contribution in [3.05, 3.63) is 82.4 Å². The second kappa shape index (κ2) is 8.30. The molecule has 0 amide bonds. The number of para-hydroxylation sites is 2. The Morgan fingerprint density at radius 2 is 1.62 bits per heavy atom. The molecule has 3 aromatic carbocycles. The molecule has 0 spiro atoms. The highest BCUT2D eigenvalue weighted by Gasteiger charge is 2.12. The third-order valence-corrected chi connectivity index (χ3v) is 5.77. The molecular formula is C25H25ClN2O. The summed E-state index contributed by atoms with van der Waals surface area (Å²) in [6, 6.07) is 20.8. The standard InChI is InChI=1S/C25H25ClN2O/c1-17-9-11-20(12-10-17)25-27-22-7-4-5-8-23(22)28(25)13-6-14-29-21-15-18(2)24(26)19(3)16-21/h4-5,7-12,15-16H,6,13-14H2,1-3H3. The number of fused-ring (bicyclic) bond motifs is 1. The summed E-state index contributed by atoms with van der Waals surface area (Å²) in [4.78, 5) is 4.89. The van der Waals surface area contributed by atoms with Gasteiger partial charge in [0.1, 0.15) is 11.6 Å². The largest absolute Gasteiger partial charge is 0.494 e. The number of hydrogen-bond acceptors (Lipinski definition) is 2. The van der Waals surface area contributed by atoms with Crippen molar-refractivity contribution in [2.75, 3.05) is 6.61 Å². The van der Waals surface area contributed by atoms with Gasteiger partial charge in [-0.3, -0.25) is 0 Å². The van der Waals surface area contributed by atoms with Gasteiger partial charge in [-0.05, 0) is 62.6 Å². The molecule has 4 heteroatoms. The van der Waals surface area contributed by atoms with Crippen molar-refractivity contribution >= 4 is 22.6 Å². The molecule has 0 radical (unpaired) electrons. The zero-order valence-corrected chi connectivity index (χ0v) is 17.8. The molecule has 0 saturated heterocycles. The lowest BCUT2D eigenvalue weighted by atomic mass is 10.1. The fourth-order valence-electron chi connectivity index (χ4n) is 3.63.